The quantitative estimate of drug-likeness (QED) is 0.475. The van der Waals surface area contributed by atoms with Crippen LogP contribution in [0.3, 0.4) is 0 Å². The van der Waals surface area contributed by atoms with Crippen LogP contribution in [0.1, 0.15) is 53.3 Å². The Bertz CT molecular complexity index is 147. The van der Waals surface area contributed by atoms with Gasteiger partial charge in [0.2, 0.25) is 0 Å². The van der Waals surface area contributed by atoms with E-state index >= 15 is 0 Å². The molecule has 0 heterocycles. The van der Waals surface area contributed by atoms with Crippen LogP contribution in [0.25, 0.3) is 0 Å². The molecular weight excluding hydrogens is 191 g/mol. The molecule has 1 aliphatic rings. The predicted octanol–water partition coefficient (Wildman–Crippen LogP) is -0.221. The smallest absolute Gasteiger partial charge is 1.00 e. The van der Waals surface area contributed by atoms with Crippen LogP contribution in [0.5, 0.6) is 0 Å². The van der Waals surface area contributed by atoms with Crippen molar-refractivity contribution >= 4 is 5.97 Å². The predicted molar refractivity (Wildman–Crippen MR) is 49.0 cm³/mol. The summed E-state index contributed by atoms with van der Waals surface area (Å²) in [6, 6.07) is 0. The van der Waals surface area contributed by atoms with E-state index in [1.807, 2.05) is 6.92 Å². The largest absolute Gasteiger partial charge is 1.00 e. The number of hydrogen-bond acceptors (Lipinski definition) is 2. The molecule has 2 nitrogen and oxygen atoms in total. The van der Waals surface area contributed by atoms with Crippen molar-refractivity contribution in [3.63, 3.8) is 0 Å². The summed E-state index contributed by atoms with van der Waals surface area (Å²) in [4.78, 5) is 11.1. The van der Waals surface area contributed by atoms with Gasteiger partial charge in [-0.05, 0) is 32.1 Å². The molecule has 0 radical (unpaired) electrons. The van der Waals surface area contributed by atoms with Crippen molar-refractivity contribution in [2.45, 2.75) is 58.0 Å². The standard InChI is InChI=1S/C10H18O2.K.H/c1-2-6-10(11)12-9-7-4-3-5-8-9;;/h9H,2-8H2,1H3;;/q;+1;-1. The van der Waals surface area contributed by atoms with Gasteiger partial charge in [0.1, 0.15) is 6.10 Å². The van der Waals surface area contributed by atoms with Gasteiger partial charge >= 0.3 is 57.4 Å². The van der Waals surface area contributed by atoms with Gasteiger partial charge in [-0.2, -0.15) is 0 Å². The molecule has 0 aromatic carbocycles. The van der Waals surface area contributed by atoms with Gasteiger partial charge in [-0.15, -0.1) is 0 Å². The third-order valence-electron chi connectivity index (χ3n) is 2.30. The molecular formula is C10H19KO2. The molecule has 0 aromatic rings. The van der Waals surface area contributed by atoms with E-state index in [4.69, 9.17) is 4.74 Å². The molecule has 72 valence electrons. The Morgan fingerprint density at radius 1 is 1.38 bits per heavy atom. The minimum Gasteiger partial charge on any atom is -1.00 e. The number of hydrogen-bond donors (Lipinski definition) is 0. The van der Waals surface area contributed by atoms with Crippen LogP contribution >= 0.6 is 0 Å². The summed E-state index contributed by atoms with van der Waals surface area (Å²) in [6.45, 7) is 2.00. The summed E-state index contributed by atoms with van der Waals surface area (Å²) in [5, 5.41) is 0. The van der Waals surface area contributed by atoms with Crippen LogP contribution in [-0.2, 0) is 9.53 Å². The monoisotopic (exact) mass is 210 g/mol. The fourth-order valence-electron chi connectivity index (χ4n) is 1.63. The Balaban J connectivity index is 0. The van der Waals surface area contributed by atoms with Gasteiger partial charge in [0.25, 0.3) is 0 Å². The molecule has 3 heteroatoms. The topological polar surface area (TPSA) is 26.3 Å². The van der Waals surface area contributed by atoms with E-state index in [1.165, 1.54) is 19.3 Å². The van der Waals surface area contributed by atoms with Gasteiger partial charge in [-0.1, -0.05) is 13.3 Å². The molecule has 1 fully saturated rings. The average molecular weight is 210 g/mol. The van der Waals surface area contributed by atoms with Crippen molar-refractivity contribution in [2.24, 2.45) is 0 Å². The van der Waals surface area contributed by atoms with Gasteiger partial charge < -0.3 is 6.16 Å². The van der Waals surface area contributed by atoms with E-state index in [0.29, 0.717) is 6.42 Å². The molecule has 1 saturated carbocycles. The van der Waals surface area contributed by atoms with Gasteiger partial charge in [-0.3, -0.25) is 4.79 Å². The minimum atomic E-state index is -0.00981. The Morgan fingerprint density at radius 3 is 2.54 bits per heavy atom. The molecule has 0 N–H and O–H groups in total. The van der Waals surface area contributed by atoms with Gasteiger partial charge in [0.15, 0.2) is 0 Å². The summed E-state index contributed by atoms with van der Waals surface area (Å²) in [5.41, 5.74) is 0. The number of ether oxygens (including phenoxy) is 1. The fraction of sp³-hybridized carbons (Fsp3) is 0.900. The molecule has 1 rings (SSSR count). The first kappa shape index (κ1) is 14.1. The van der Waals surface area contributed by atoms with Crippen LogP contribution in [-0.4, -0.2) is 12.1 Å². The van der Waals surface area contributed by atoms with E-state index in [0.717, 1.165) is 19.3 Å². The first-order valence-electron chi connectivity index (χ1n) is 5.02. The summed E-state index contributed by atoms with van der Waals surface area (Å²) in [5.74, 6) is -0.00981. The van der Waals surface area contributed by atoms with Crippen LogP contribution in [0.4, 0.5) is 0 Å². The zero-order chi connectivity index (χ0) is 8.81. The van der Waals surface area contributed by atoms with Crippen molar-refractivity contribution in [3.05, 3.63) is 0 Å². The minimum absolute atomic E-state index is 0. The molecule has 0 bridgehead atoms. The molecule has 0 saturated heterocycles. The van der Waals surface area contributed by atoms with Crippen molar-refractivity contribution in [3.8, 4) is 0 Å². The third-order valence-corrected chi connectivity index (χ3v) is 2.30. The number of esters is 1. The second kappa shape index (κ2) is 8.42. The summed E-state index contributed by atoms with van der Waals surface area (Å²) in [6.07, 6.45) is 7.63. The van der Waals surface area contributed by atoms with E-state index < -0.39 is 0 Å². The molecule has 0 atom stereocenters. The average Bonchev–Trinajstić information content (AvgIpc) is 2.06. The SMILES string of the molecule is CCCC(=O)OC1CCCCC1.[H-].[K+]. The van der Waals surface area contributed by atoms with Crippen LogP contribution < -0.4 is 51.4 Å². The Hall–Kier alpha value is 1.11. The number of rotatable bonds is 3. The fourth-order valence-corrected chi connectivity index (χ4v) is 1.63. The third kappa shape index (κ3) is 6.23. The molecule has 13 heavy (non-hydrogen) atoms. The normalized spacial score (nSPS) is 17.6. The van der Waals surface area contributed by atoms with E-state index in [2.05, 4.69) is 0 Å². The van der Waals surface area contributed by atoms with Crippen LogP contribution in [0.2, 0.25) is 0 Å². The number of carbonyl (C=O) groups excluding carboxylic acids is 1. The van der Waals surface area contributed by atoms with Crippen LogP contribution in [0.15, 0.2) is 0 Å². The maximum Gasteiger partial charge on any atom is 1.00 e. The second-order valence-corrected chi connectivity index (χ2v) is 3.50. The van der Waals surface area contributed by atoms with Crippen LogP contribution in [0, 0.1) is 0 Å². The first-order valence-corrected chi connectivity index (χ1v) is 5.02. The molecule has 0 amide bonds. The first-order chi connectivity index (χ1) is 5.83. The van der Waals surface area contributed by atoms with E-state index in [9.17, 15) is 4.79 Å². The Morgan fingerprint density at radius 2 is 2.00 bits per heavy atom. The van der Waals surface area contributed by atoms with Crippen molar-refractivity contribution in [1.82, 2.24) is 0 Å². The molecule has 1 aliphatic carbocycles. The van der Waals surface area contributed by atoms with Gasteiger partial charge in [0.05, 0.1) is 0 Å². The van der Waals surface area contributed by atoms with Gasteiger partial charge in [-0.25, -0.2) is 0 Å². The van der Waals surface area contributed by atoms with Gasteiger partial charge in [0, 0.05) is 6.42 Å². The van der Waals surface area contributed by atoms with Crippen molar-refractivity contribution in [1.29, 1.82) is 0 Å². The second-order valence-electron chi connectivity index (χ2n) is 3.50. The molecule has 0 unspecified atom stereocenters. The van der Waals surface area contributed by atoms with Crippen molar-refractivity contribution in [2.75, 3.05) is 0 Å². The van der Waals surface area contributed by atoms with Crippen molar-refractivity contribution < 1.29 is 62.3 Å². The maximum absolute atomic E-state index is 11.1. The zero-order valence-electron chi connectivity index (χ0n) is 9.84. The summed E-state index contributed by atoms with van der Waals surface area (Å²) < 4.78 is 5.29. The molecule has 0 spiro atoms. The van der Waals surface area contributed by atoms with E-state index in [-0.39, 0.29) is 64.9 Å². The molecule has 0 aromatic heterocycles. The number of carbonyl (C=O) groups is 1. The summed E-state index contributed by atoms with van der Waals surface area (Å²) >= 11 is 0. The molecule has 0 aliphatic heterocycles. The maximum atomic E-state index is 11.1. The zero-order valence-corrected chi connectivity index (χ0v) is 12.0. The summed E-state index contributed by atoms with van der Waals surface area (Å²) in [7, 11) is 0. The Kier molecular flexibility index (Phi) is 9.13. The Labute approximate surface area is 125 Å². The van der Waals surface area contributed by atoms with E-state index in [1.54, 1.807) is 0 Å².